The van der Waals surface area contributed by atoms with Crippen LogP contribution < -0.4 is 24.4 Å². The third-order valence-corrected chi connectivity index (χ3v) is 5.55. The van der Waals surface area contributed by atoms with E-state index in [1.165, 1.54) is 4.90 Å². The zero-order valence-electron chi connectivity index (χ0n) is 16.0. The molecule has 1 aromatic heterocycles. The number of benzene rings is 2. The number of fused-ring (bicyclic) bond motifs is 2. The van der Waals surface area contributed by atoms with Gasteiger partial charge in [-0.15, -0.1) is 11.3 Å². The molecule has 9 heteroatoms. The van der Waals surface area contributed by atoms with Gasteiger partial charge in [0, 0.05) is 22.7 Å². The maximum Gasteiger partial charge on any atom is 0.265 e. The molecule has 8 nitrogen and oxygen atoms in total. The SMILES string of the molecule is Cc1nc(-c2ccc3c(c2)N(CC(=O)Nc2ccc4c(c2)OCO4)C(=O)CO3)cs1. The number of carbonyl (C=O) groups is 2. The summed E-state index contributed by atoms with van der Waals surface area (Å²) in [6.07, 6.45) is 0. The predicted octanol–water partition coefficient (Wildman–Crippen LogP) is 3.21. The number of ether oxygens (including phenoxy) is 3. The monoisotopic (exact) mass is 423 g/mol. The van der Waals surface area contributed by atoms with Gasteiger partial charge in [-0.25, -0.2) is 4.98 Å². The standard InChI is InChI=1S/C21H17N3O5S/c1-12-22-15(10-30-12)13-2-4-17-16(6-13)24(21(26)9-27-17)8-20(25)23-14-3-5-18-19(7-14)29-11-28-18/h2-7,10H,8-9,11H2,1H3,(H,23,25). The van der Waals surface area contributed by atoms with Crippen molar-refractivity contribution in [1.82, 2.24) is 4.98 Å². The summed E-state index contributed by atoms with van der Waals surface area (Å²) in [4.78, 5) is 31.1. The number of rotatable bonds is 4. The van der Waals surface area contributed by atoms with Crippen LogP contribution in [0.1, 0.15) is 5.01 Å². The number of anilines is 2. The van der Waals surface area contributed by atoms with Crippen molar-refractivity contribution in [2.24, 2.45) is 0 Å². The first-order valence-corrected chi connectivity index (χ1v) is 10.1. The molecule has 2 aliphatic heterocycles. The summed E-state index contributed by atoms with van der Waals surface area (Å²) in [6, 6.07) is 10.7. The van der Waals surface area contributed by atoms with Crippen LogP contribution in [0, 0.1) is 6.92 Å². The predicted molar refractivity (Wildman–Crippen MR) is 111 cm³/mol. The molecule has 0 radical (unpaired) electrons. The van der Waals surface area contributed by atoms with E-state index in [2.05, 4.69) is 10.3 Å². The lowest BCUT2D eigenvalue weighted by molar-refractivity contribution is -0.123. The van der Waals surface area contributed by atoms with E-state index in [9.17, 15) is 9.59 Å². The van der Waals surface area contributed by atoms with E-state index in [4.69, 9.17) is 14.2 Å². The first-order valence-electron chi connectivity index (χ1n) is 9.26. The molecule has 0 saturated carbocycles. The fourth-order valence-corrected chi connectivity index (χ4v) is 3.97. The van der Waals surface area contributed by atoms with Gasteiger partial charge in [0.1, 0.15) is 12.3 Å². The van der Waals surface area contributed by atoms with Crippen molar-refractivity contribution in [3.8, 4) is 28.5 Å². The second-order valence-corrected chi connectivity index (χ2v) is 7.88. The minimum absolute atomic E-state index is 0.112. The van der Waals surface area contributed by atoms with Gasteiger partial charge < -0.3 is 19.5 Å². The number of nitrogens with zero attached hydrogens (tertiary/aromatic N) is 2. The van der Waals surface area contributed by atoms with Gasteiger partial charge in [0.2, 0.25) is 12.7 Å². The van der Waals surface area contributed by atoms with Crippen LogP contribution in [0.25, 0.3) is 11.3 Å². The molecule has 1 N–H and O–H groups in total. The van der Waals surface area contributed by atoms with Crippen LogP contribution >= 0.6 is 11.3 Å². The molecule has 0 saturated heterocycles. The van der Waals surface area contributed by atoms with Gasteiger partial charge in [-0.2, -0.15) is 0 Å². The molecule has 5 rings (SSSR count). The Morgan fingerprint density at radius 2 is 1.97 bits per heavy atom. The van der Waals surface area contributed by atoms with E-state index in [1.54, 1.807) is 35.6 Å². The van der Waals surface area contributed by atoms with Crippen molar-refractivity contribution in [2.75, 3.05) is 30.2 Å². The van der Waals surface area contributed by atoms with Crippen molar-refractivity contribution in [2.45, 2.75) is 6.92 Å². The number of hydrogen-bond acceptors (Lipinski definition) is 7. The lowest BCUT2D eigenvalue weighted by Gasteiger charge is -2.29. The Kier molecular flexibility index (Phi) is 4.51. The quantitative estimate of drug-likeness (QED) is 0.693. The minimum Gasteiger partial charge on any atom is -0.482 e. The number of aromatic nitrogens is 1. The van der Waals surface area contributed by atoms with Crippen LogP contribution in [0.15, 0.2) is 41.8 Å². The van der Waals surface area contributed by atoms with Crippen molar-refractivity contribution in [3.05, 3.63) is 46.8 Å². The third-order valence-electron chi connectivity index (χ3n) is 4.77. The molecule has 0 unspecified atom stereocenters. The highest BCUT2D eigenvalue weighted by molar-refractivity contribution is 7.09. The second-order valence-electron chi connectivity index (χ2n) is 6.82. The maximum absolute atomic E-state index is 12.7. The average molecular weight is 423 g/mol. The third kappa shape index (κ3) is 3.43. The summed E-state index contributed by atoms with van der Waals surface area (Å²) in [5, 5.41) is 5.71. The van der Waals surface area contributed by atoms with Gasteiger partial charge in [0.25, 0.3) is 5.91 Å². The number of amides is 2. The van der Waals surface area contributed by atoms with Gasteiger partial charge in [-0.3, -0.25) is 14.5 Å². The van der Waals surface area contributed by atoms with Crippen molar-refractivity contribution >= 4 is 34.5 Å². The largest absolute Gasteiger partial charge is 0.482 e. The zero-order valence-corrected chi connectivity index (χ0v) is 16.8. The maximum atomic E-state index is 12.7. The Hall–Kier alpha value is -3.59. The molecule has 3 heterocycles. The highest BCUT2D eigenvalue weighted by Gasteiger charge is 2.28. The lowest BCUT2D eigenvalue weighted by Crippen LogP contribution is -2.43. The molecule has 3 aromatic rings. The van der Waals surface area contributed by atoms with E-state index >= 15 is 0 Å². The Morgan fingerprint density at radius 3 is 2.80 bits per heavy atom. The molecule has 0 spiro atoms. The number of aryl methyl sites for hydroxylation is 1. The fraction of sp³-hybridized carbons (Fsp3) is 0.190. The molecule has 30 heavy (non-hydrogen) atoms. The summed E-state index contributed by atoms with van der Waals surface area (Å²) in [6.45, 7) is 1.85. The molecule has 0 aliphatic carbocycles. The van der Waals surface area contributed by atoms with E-state index in [0.717, 1.165) is 16.3 Å². The second kappa shape index (κ2) is 7.34. The molecule has 152 valence electrons. The lowest BCUT2D eigenvalue weighted by atomic mass is 10.1. The van der Waals surface area contributed by atoms with Crippen LogP contribution in [0.5, 0.6) is 17.2 Å². The summed E-state index contributed by atoms with van der Waals surface area (Å²) < 4.78 is 16.1. The van der Waals surface area contributed by atoms with E-state index < -0.39 is 0 Å². The van der Waals surface area contributed by atoms with Gasteiger partial charge in [0.05, 0.1) is 16.4 Å². The van der Waals surface area contributed by atoms with Crippen molar-refractivity contribution in [1.29, 1.82) is 0 Å². The Labute approximate surface area is 176 Å². The molecular weight excluding hydrogens is 406 g/mol. The molecule has 0 bridgehead atoms. The molecule has 2 aromatic carbocycles. The van der Waals surface area contributed by atoms with Crippen molar-refractivity contribution in [3.63, 3.8) is 0 Å². The number of nitrogens with one attached hydrogen (secondary N) is 1. The highest BCUT2D eigenvalue weighted by Crippen LogP contribution is 2.37. The average Bonchev–Trinajstić information content (AvgIpc) is 3.38. The molecule has 2 amide bonds. The van der Waals surface area contributed by atoms with E-state index in [-0.39, 0.29) is 31.8 Å². The van der Waals surface area contributed by atoms with Crippen LogP contribution in [0.2, 0.25) is 0 Å². The normalized spacial score (nSPS) is 14.3. The molecular formula is C21H17N3O5S. The van der Waals surface area contributed by atoms with Gasteiger partial charge in [-0.05, 0) is 37.3 Å². The van der Waals surface area contributed by atoms with Crippen LogP contribution in [0.4, 0.5) is 11.4 Å². The first-order chi connectivity index (χ1) is 14.6. The van der Waals surface area contributed by atoms with Gasteiger partial charge >= 0.3 is 0 Å². The summed E-state index contributed by atoms with van der Waals surface area (Å²) in [5.41, 5.74) is 2.80. The minimum atomic E-state index is -0.329. The highest BCUT2D eigenvalue weighted by atomic mass is 32.1. The van der Waals surface area contributed by atoms with Crippen LogP contribution in [-0.4, -0.2) is 36.7 Å². The van der Waals surface area contributed by atoms with Crippen LogP contribution in [-0.2, 0) is 9.59 Å². The number of carbonyl (C=O) groups excluding carboxylic acids is 2. The van der Waals surface area contributed by atoms with E-state index in [0.29, 0.717) is 28.6 Å². The topological polar surface area (TPSA) is 90.0 Å². The van der Waals surface area contributed by atoms with Gasteiger partial charge in [0.15, 0.2) is 18.1 Å². The van der Waals surface area contributed by atoms with Crippen LogP contribution in [0.3, 0.4) is 0 Å². The zero-order chi connectivity index (χ0) is 20.7. The summed E-state index contributed by atoms with van der Waals surface area (Å²) in [5.74, 6) is 1.15. The number of thiazole rings is 1. The molecule has 0 fully saturated rings. The molecule has 2 aliphatic rings. The van der Waals surface area contributed by atoms with Crippen molar-refractivity contribution < 1.29 is 23.8 Å². The Bertz CT molecular complexity index is 1160. The smallest absolute Gasteiger partial charge is 0.265 e. The summed E-state index contributed by atoms with van der Waals surface area (Å²) >= 11 is 1.55. The Balaban J connectivity index is 1.38. The fourth-order valence-electron chi connectivity index (χ4n) is 3.35. The molecule has 0 atom stereocenters. The van der Waals surface area contributed by atoms with Gasteiger partial charge in [-0.1, -0.05) is 0 Å². The first kappa shape index (κ1) is 18.4. The van der Waals surface area contributed by atoms with E-state index in [1.807, 2.05) is 24.4 Å². The number of hydrogen-bond donors (Lipinski definition) is 1. The summed E-state index contributed by atoms with van der Waals surface area (Å²) in [7, 11) is 0. The Morgan fingerprint density at radius 1 is 1.13 bits per heavy atom.